The van der Waals surface area contributed by atoms with Crippen molar-refractivity contribution in [3.05, 3.63) is 220 Å². The van der Waals surface area contributed by atoms with E-state index in [0.717, 1.165) is 45.3 Å². The van der Waals surface area contributed by atoms with Crippen LogP contribution in [0.2, 0.25) is 0 Å². The Labute approximate surface area is 356 Å². The quantitative estimate of drug-likeness (QED) is 0.102. The molecule has 0 bridgehead atoms. The van der Waals surface area contributed by atoms with E-state index in [4.69, 9.17) is 6.57 Å². The standard InChI is InChI=1S/C56H50N4/c1-55(2,3)46-16-14-22-52(38-46)59(48-18-10-8-11-19-48)50-32-26-41(27-33-50)24-30-43-37-54(58-7)44(36-45(43)40-57)31-25-42-28-34-51(35-29-42)60(49-20-12-9-13-21-49)53-23-15-17-47(39-53)56(4,5)6/h8-39H,1-6H3/b30-24-,31-25-. The summed E-state index contributed by atoms with van der Waals surface area (Å²) in [6.07, 6.45) is 7.84. The van der Waals surface area contributed by atoms with Gasteiger partial charge in [0, 0.05) is 34.1 Å². The van der Waals surface area contributed by atoms with Gasteiger partial charge in [0.25, 0.3) is 0 Å². The minimum Gasteiger partial charge on any atom is -0.310 e. The first-order valence-electron chi connectivity index (χ1n) is 20.3. The Balaban J connectivity index is 1.12. The summed E-state index contributed by atoms with van der Waals surface area (Å²) in [4.78, 5) is 8.39. The van der Waals surface area contributed by atoms with Crippen LogP contribution in [0.15, 0.2) is 170 Å². The van der Waals surface area contributed by atoms with Crippen LogP contribution in [0.5, 0.6) is 0 Å². The summed E-state index contributed by atoms with van der Waals surface area (Å²) >= 11 is 0. The van der Waals surface area contributed by atoms with Crippen molar-refractivity contribution >= 4 is 64.1 Å². The van der Waals surface area contributed by atoms with Gasteiger partial charge in [-0.2, -0.15) is 5.26 Å². The topological polar surface area (TPSA) is 34.6 Å². The third-order valence-corrected chi connectivity index (χ3v) is 10.6. The van der Waals surface area contributed by atoms with Gasteiger partial charge in [-0.05, 0) is 129 Å². The Morgan fingerprint density at radius 3 is 1.25 bits per heavy atom. The fourth-order valence-electron chi connectivity index (χ4n) is 7.20. The molecule has 0 aliphatic rings. The molecule has 0 spiro atoms. The van der Waals surface area contributed by atoms with Crippen LogP contribution in [0, 0.1) is 17.9 Å². The zero-order valence-corrected chi connectivity index (χ0v) is 35.3. The van der Waals surface area contributed by atoms with Crippen molar-refractivity contribution in [1.82, 2.24) is 0 Å². The normalized spacial score (nSPS) is 11.7. The van der Waals surface area contributed by atoms with Crippen LogP contribution in [0.25, 0.3) is 29.1 Å². The Hall–Kier alpha value is -7.40. The molecule has 4 nitrogen and oxygen atoms in total. The fraction of sp³-hybridized carbons (Fsp3) is 0.143. The molecule has 7 aromatic rings. The molecular weight excluding hydrogens is 729 g/mol. The average molecular weight is 779 g/mol. The van der Waals surface area contributed by atoms with Gasteiger partial charge in [0.2, 0.25) is 0 Å². The van der Waals surface area contributed by atoms with Gasteiger partial charge in [0.05, 0.1) is 18.2 Å². The molecule has 0 heterocycles. The minimum atomic E-state index is 0.0233. The smallest absolute Gasteiger partial charge is 0.194 e. The molecule has 0 saturated heterocycles. The number of nitriles is 1. The largest absolute Gasteiger partial charge is 0.310 e. The molecule has 0 atom stereocenters. The molecule has 0 N–H and O–H groups in total. The molecule has 0 amide bonds. The molecule has 7 rings (SSSR count). The van der Waals surface area contributed by atoms with E-state index < -0.39 is 0 Å². The number of benzene rings is 7. The summed E-state index contributed by atoms with van der Waals surface area (Å²) in [6, 6.07) is 61.1. The van der Waals surface area contributed by atoms with E-state index in [1.165, 1.54) is 11.1 Å². The van der Waals surface area contributed by atoms with Gasteiger partial charge in [-0.3, -0.25) is 0 Å². The van der Waals surface area contributed by atoms with Gasteiger partial charge < -0.3 is 9.80 Å². The Morgan fingerprint density at radius 2 is 0.850 bits per heavy atom. The number of hydrogen-bond acceptors (Lipinski definition) is 3. The zero-order valence-electron chi connectivity index (χ0n) is 35.3. The summed E-state index contributed by atoms with van der Waals surface area (Å²) in [5.74, 6) is 0. The Bertz CT molecular complexity index is 2520. The minimum absolute atomic E-state index is 0.0233. The second-order valence-electron chi connectivity index (χ2n) is 17.0. The molecule has 60 heavy (non-hydrogen) atoms. The maximum atomic E-state index is 10.2. The molecule has 0 unspecified atom stereocenters. The molecular formula is C56H50N4. The molecule has 0 aliphatic carbocycles. The highest BCUT2D eigenvalue weighted by molar-refractivity contribution is 5.84. The van der Waals surface area contributed by atoms with Crippen molar-refractivity contribution in [2.45, 2.75) is 52.4 Å². The van der Waals surface area contributed by atoms with Crippen molar-refractivity contribution in [2.75, 3.05) is 9.80 Å². The van der Waals surface area contributed by atoms with Gasteiger partial charge in [-0.15, -0.1) is 0 Å². The van der Waals surface area contributed by atoms with Gasteiger partial charge in [0.1, 0.15) is 0 Å². The van der Waals surface area contributed by atoms with Crippen LogP contribution in [-0.2, 0) is 10.8 Å². The summed E-state index contributed by atoms with van der Waals surface area (Å²) in [5, 5.41) is 10.2. The van der Waals surface area contributed by atoms with Crippen LogP contribution in [-0.4, -0.2) is 0 Å². The van der Waals surface area contributed by atoms with Crippen LogP contribution >= 0.6 is 0 Å². The van der Waals surface area contributed by atoms with E-state index in [0.29, 0.717) is 22.4 Å². The maximum Gasteiger partial charge on any atom is 0.194 e. The highest BCUT2D eigenvalue weighted by atomic mass is 15.1. The van der Waals surface area contributed by atoms with Crippen molar-refractivity contribution < 1.29 is 0 Å². The molecule has 294 valence electrons. The Morgan fingerprint density at radius 1 is 0.450 bits per heavy atom. The first kappa shape index (κ1) is 40.8. The number of anilines is 6. The lowest BCUT2D eigenvalue weighted by Gasteiger charge is -2.28. The van der Waals surface area contributed by atoms with Gasteiger partial charge >= 0.3 is 0 Å². The van der Waals surface area contributed by atoms with E-state index in [1.54, 1.807) is 0 Å². The lowest BCUT2D eigenvalue weighted by atomic mass is 9.87. The molecule has 0 fully saturated rings. The number of hydrogen-bond donors (Lipinski definition) is 0. The maximum absolute atomic E-state index is 10.2. The molecule has 4 heteroatoms. The number of nitrogens with zero attached hydrogens (tertiary/aromatic N) is 4. The lowest BCUT2D eigenvalue weighted by Crippen LogP contribution is -2.14. The van der Waals surface area contributed by atoms with E-state index >= 15 is 0 Å². The lowest BCUT2D eigenvalue weighted by molar-refractivity contribution is 0.590. The third kappa shape index (κ3) is 9.48. The van der Waals surface area contributed by atoms with E-state index in [1.807, 2.05) is 48.6 Å². The van der Waals surface area contributed by atoms with E-state index in [2.05, 4.69) is 208 Å². The second-order valence-corrected chi connectivity index (χ2v) is 17.0. The zero-order chi connectivity index (χ0) is 42.3. The van der Waals surface area contributed by atoms with Gasteiger partial charge in [0.15, 0.2) is 5.69 Å². The SMILES string of the molecule is [C-]#[N+]c1cc(/C=C\c2ccc(N(c3ccccc3)c3cccc(C(C)(C)C)c3)cc2)c(C#N)cc1/C=C\c1ccc(N(c2ccccc2)c2cccc(C(C)(C)C)c2)cc1. The van der Waals surface area contributed by atoms with E-state index in [-0.39, 0.29) is 10.8 Å². The summed E-state index contributed by atoms with van der Waals surface area (Å²) in [6.45, 7) is 21.4. The molecule has 0 aromatic heterocycles. The van der Waals surface area contributed by atoms with Crippen LogP contribution in [0.4, 0.5) is 39.8 Å². The molecule has 0 radical (unpaired) electrons. The third-order valence-electron chi connectivity index (χ3n) is 10.6. The monoisotopic (exact) mass is 778 g/mol. The first-order valence-corrected chi connectivity index (χ1v) is 20.3. The van der Waals surface area contributed by atoms with E-state index in [9.17, 15) is 5.26 Å². The Kier molecular flexibility index (Phi) is 12.0. The summed E-state index contributed by atoms with van der Waals surface area (Å²) < 4.78 is 0. The van der Waals surface area contributed by atoms with Crippen LogP contribution < -0.4 is 9.80 Å². The first-order chi connectivity index (χ1) is 28.9. The number of para-hydroxylation sites is 2. The summed E-state index contributed by atoms with van der Waals surface area (Å²) in [5.41, 5.74) is 13.4. The highest BCUT2D eigenvalue weighted by Crippen LogP contribution is 2.39. The van der Waals surface area contributed by atoms with Gasteiger partial charge in [-0.1, -0.05) is 151 Å². The highest BCUT2D eigenvalue weighted by Gasteiger charge is 2.19. The van der Waals surface area contributed by atoms with Crippen molar-refractivity contribution in [3.63, 3.8) is 0 Å². The van der Waals surface area contributed by atoms with Crippen molar-refractivity contribution in [2.24, 2.45) is 0 Å². The van der Waals surface area contributed by atoms with Crippen molar-refractivity contribution in [1.29, 1.82) is 5.26 Å². The summed E-state index contributed by atoms with van der Waals surface area (Å²) in [7, 11) is 0. The number of rotatable bonds is 10. The average Bonchev–Trinajstić information content (AvgIpc) is 3.26. The van der Waals surface area contributed by atoms with Gasteiger partial charge in [-0.25, -0.2) is 4.85 Å². The predicted molar refractivity (Wildman–Crippen MR) is 255 cm³/mol. The molecule has 7 aromatic carbocycles. The second kappa shape index (κ2) is 17.6. The van der Waals surface area contributed by atoms with Crippen LogP contribution in [0.3, 0.4) is 0 Å². The van der Waals surface area contributed by atoms with Crippen LogP contribution in [0.1, 0.15) is 80.5 Å². The fourth-order valence-corrected chi connectivity index (χ4v) is 7.20. The predicted octanol–water partition coefficient (Wildman–Crippen LogP) is 16.0. The molecule has 0 saturated carbocycles. The molecule has 0 aliphatic heterocycles. The van der Waals surface area contributed by atoms with Crippen molar-refractivity contribution in [3.8, 4) is 6.07 Å².